The van der Waals surface area contributed by atoms with Crippen molar-refractivity contribution in [3.8, 4) is 16.9 Å². The molecule has 0 radical (unpaired) electrons. The van der Waals surface area contributed by atoms with Crippen molar-refractivity contribution < 1.29 is 23.8 Å². The molecule has 2 aromatic rings. The van der Waals surface area contributed by atoms with Crippen LogP contribution >= 0.6 is 0 Å². The molecular formula is C22H24O5. The molecule has 142 valence electrons. The maximum Gasteiger partial charge on any atom is 0.337 e. The van der Waals surface area contributed by atoms with E-state index in [-0.39, 0.29) is 5.97 Å². The van der Waals surface area contributed by atoms with E-state index >= 15 is 0 Å². The number of carbonyl (C=O) groups excluding carboxylic acids is 2. The van der Waals surface area contributed by atoms with E-state index in [1.165, 1.54) is 13.2 Å². The normalized spacial score (nSPS) is 11.3. The van der Waals surface area contributed by atoms with Crippen LogP contribution < -0.4 is 4.74 Å². The number of hydrogen-bond acceptors (Lipinski definition) is 5. The lowest BCUT2D eigenvalue weighted by atomic mass is 10.0. The summed E-state index contributed by atoms with van der Waals surface area (Å²) in [7, 11) is 2.94. The molecule has 2 aromatic carbocycles. The first-order valence-corrected chi connectivity index (χ1v) is 8.51. The highest BCUT2D eigenvalue weighted by atomic mass is 16.6. The molecule has 0 spiro atoms. The van der Waals surface area contributed by atoms with Gasteiger partial charge in [0.1, 0.15) is 11.4 Å². The van der Waals surface area contributed by atoms with Gasteiger partial charge in [0, 0.05) is 11.6 Å². The minimum absolute atomic E-state index is 0.379. The van der Waals surface area contributed by atoms with Crippen LogP contribution in [0, 0.1) is 0 Å². The Bertz CT molecular complexity index is 842. The second-order valence-corrected chi connectivity index (χ2v) is 6.90. The van der Waals surface area contributed by atoms with Gasteiger partial charge in [0.25, 0.3) is 0 Å². The van der Waals surface area contributed by atoms with Gasteiger partial charge in [-0.25, -0.2) is 9.59 Å². The molecule has 0 N–H and O–H groups in total. The van der Waals surface area contributed by atoms with Gasteiger partial charge in [-0.2, -0.15) is 0 Å². The Morgan fingerprint density at radius 1 is 0.963 bits per heavy atom. The molecule has 0 aliphatic rings. The minimum Gasteiger partial charge on any atom is -0.496 e. The van der Waals surface area contributed by atoms with Gasteiger partial charge in [-0.05, 0) is 56.2 Å². The van der Waals surface area contributed by atoms with Crippen LogP contribution in [0.3, 0.4) is 0 Å². The number of rotatable bonds is 5. The maximum atomic E-state index is 11.8. The molecule has 0 heterocycles. The summed E-state index contributed by atoms with van der Waals surface area (Å²) in [6.07, 6.45) is 3.07. The molecule has 0 aliphatic carbocycles. The predicted molar refractivity (Wildman–Crippen MR) is 105 cm³/mol. The number of hydrogen-bond donors (Lipinski definition) is 0. The first-order chi connectivity index (χ1) is 12.7. The number of carbonyl (C=O) groups is 2. The average molecular weight is 368 g/mol. The third kappa shape index (κ3) is 5.71. The summed E-state index contributed by atoms with van der Waals surface area (Å²) >= 11 is 0. The highest BCUT2D eigenvalue weighted by molar-refractivity contribution is 5.90. The van der Waals surface area contributed by atoms with Crippen LogP contribution in [-0.4, -0.2) is 31.8 Å². The van der Waals surface area contributed by atoms with E-state index in [4.69, 9.17) is 14.2 Å². The van der Waals surface area contributed by atoms with E-state index in [1.54, 1.807) is 25.3 Å². The Morgan fingerprint density at radius 3 is 2.19 bits per heavy atom. The fraction of sp³-hybridized carbons (Fsp3) is 0.273. The van der Waals surface area contributed by atoms with Crippen molar-refractivity contribution in [3.05, 3.63) is 59.7 Å². The molecule has 0 unspecified atom stereocenters. The minimum atomic E-state index is -0.528. The van der Waals surface area contributed by atoms with Crippen LogP contribution in [0.1, 0.15) is 36.7 Å². The van der Waals surface area contributed by atoms with E-state index in [9.17, 15) is 9.59 Å². The van der Waals surface area contributed by atoms with Crippen molar-refractivity contribution in [2.24, 2.45) is 0 Å². The van der Waals surface area contributed by atoms with Gasteiger partial charge < -0.3 is 14.2 Å². The molecule has 5 heteroatoms. The lowest BCUT2D eigenvalue weighted by molar-refractivity contribution is -0.148. The van der Waals surface area contributed by atoms with Crippen molar-refractivity contribution in [3.63, 3.8) is 0 Å². The lowest BCUT2D eigenvalue weighted by Crippen LogP contribution is -2.22. The Morgan fingerprint density at radius 2 is 1.63 bits per heavy atom. The Labute approximate surface area is 159 Å². The zero-order chi connectivity index (χ0) is 20.0. The van der Waals surface area contributed by atoms with Crippen LogP contribution in [0.15, 0.2) is 48.5 Å². The van der Waals surface area contributed by atoms with Crippen molar-refractivity contribution in [2.75, 3.05) is 14.2 Å². The lowest BCUT2D eigenvalue weighted by Gasteiger charge is -2.17. The van der Waals surface area contributed by atoms with Crippen molar-refractivity contribution in [2.45, 2.75) is 26.4 Å². The summed E-state index contributed by atoms with van der Waals surface area (Å²) < 4.78 is 15.4. The molecule has 0 bridgehead atoms. The molecule has 2 rings (SSSR count). The summed E-state index contributed by atoms with van der Waals surface area (Å²) in [5, 5.41) is 0. The highest BCUT2D eigenvalue weighted by Crippen LogP contribution is 2.31. The van der Waals surface area contributed by atoms with Gasteiger partial charge >= 0.3 is 11.9 Å². The fourth-order valence-corrected chi connectivity index (χ4v) is 2.45. The Kier molecular flexibility index (Phi) is 6.40. The monoisotopic (exact) mass is 368 g/mol. The topological polar surface area (TPSA) is 61.8 Å². The van der Waals surface area contributed by atoms with Crippen LogP contribution in [0.4, 0.5) is 0 Å². The van der Waals surface area contributed by atoms with Gasteiger partial charge in [0.05, 0.1) is 19.8 Å². The SMILES string of the molecule is COC(=O)c1ccc(-c2ccc(/C=C\C(=O)OC(C)(C)C)cc2OC)cc1. The third-order valence-electron chi connectivity index (χ3n) is 3.66. The zero-order valence-corrected chi connectivity index (χ0v) is 16.2. The summed E-state index contributed by atoms with van der Waals surface area (Å²) in [5.41, 5.74) is 2.55. The second kappa shape index (κ2) is 8.54. The molecule has 0 atom stereocenters. The Hall–Kier alpha value is -3.08. The van der Waals surface area contributed by atoms with Crippen molar-refractivity contribution in [1.29, 1.82) is 0 Å². The number of benzene rings is 2. The molecule has 5 nitrogen and oxygen atoms in total. The summed E-state index contributed by atoms with van der Waals surface area (Å²) in [4.78, 5) is 23.4. The number of methoxy groups -OCH3 is 2. The van der Waals surface area contributed by atoms with Crippen LogP contribution in [0.5, 0.6) is 5.75 Å². The standard InChI is InChI=1S/C22H24O5/c1-22(2,3)27-20(23)13-7-15-6-12-18(19(14-15)25-4)16-8-10-17(11-9-16)21(24)26-5/h6-14H,1-5H3/b13-7-. The molecular weight excluding hydrogens is 344 g/mol. The average Bonchev–Trinajstić information content (AvgIpc) is 2.64. The van der Waals surface area contributed by atoms with Crippen molar-refractivity contribution in [1.82, 2.24) is 0 Å². The van der Waals surface area contributed by atoms with Gasteiger partial charge in [0.2, 0.25) is 0 Å². The summed E-state index contributed by atoms with van der Waals surface area (Å²) in [5.74, 6) is -0.118. The van der Waals surface area contributed by atoms with Gasteiger partial charge in [-0.1, -0.05) is 24.3 Å². The van der Waals surface area contributed by atoms with Crippen LogP contribution in [0.25, 0.3) is 17.2 Å². The van der Waals surface area contributed by atoms with E-state index in [2.05, 4.69) is 0 Å². The largest absolute Gasteiger partial charge is 0.496 e. The van der Waals surface area contributed by atoms with Gasteiger partial charge in [-0.3, -0.25) is 0 Å². The second-order valence-electron chi connectivity index (χ2n) is 6.90. The molecule has 0 amide bonds. The smallest absolute Gasteiger partial charge is 0.337 e. The van der Waals surface area contributed by atoms with E-state index in [1.807, 2.05) is 51.1 Å². The van der Waals surface area contributed by atoms with E-state index in [0.29, 0.717) is 11.3 Å². The zero-order valence-electron chi connectivity index (χ0n) is 16.2. The molecule has 0 fully saturated rings. The van der Waals surface area contributed by atoms with Crippen LogP contribution in [0.2, 0.25) is 0 Å². The molecule has 0 saturated heterocycles. The molecule has 0 saturated carbocycles. The predicted octanol–water partition coefficient (Wildman–Crippen LogP) is 4.50. The van der Waals surface area contributed by atoms with Crippen LogP contribution in [-0.2, 0) is 14.3 Å². The number of ether oxygens (including phenoxy) is 3. The molecule has 0 aromatic heterocycles. The molecule has 0 aliphatic heterocycles. The van der Waals surface area contributed by atoms with Gasteiger partial charge in [-0.15, -0.1) is 0 Å². The Balaban J connectivity index is 2.23. The first kappa shape index (κ1) is 20.2. The van der Waals surface area contributed by atoms with Gasteiger partial charge in [0.15, 0.2) is 0 Å². The summed E-state index contributed by atoms with van der Waals surface area (Å²) in [6, 6.07) is 12.7. The molecule has 27 heavy (non-hydrogen) atoms. The van der Waals surface area contributed by atoms with E-state index < -0.39 is 11.6 Å². The maximum absolute atomic E-state index is 11.8. The van der Waals surface area contributed by atoms with Crippen molar-refractivity contribution >= 4 is 18.0 Å². The van der Waals surface area contributed by atoms with E-state index in [0.717, 1.165) is 16.7 Å². The number of esters is 2. The third-order valence-corrected chi connectivity index (χ3v) is 3.66. The first-order valence-electron chi connectivity index (χ1n) is 8.51. The summed E-state index contributed by atoms with van der Waals surface area (Å²) in [6.45, 7) is 5.46. The quantitative estimate of drug-likeness (QED) is 0.574. The highest BCUT2D eigenvalue weighted by Gasteiger charge is 2.14. The fourth-order valence-electron chi connectivity index (χ4n) is 2.45.